The van der Waals surface area contributed by atoms with Gasteiger partial charge in [0.15, 0.2) is 0 Å². The van der Waals surface area contributed by atoms with Crippen molar-refractivity contribution < 1.29 is 4.79 Å². The molecule has 6 heteroatoms. The number of carbonyl (C=O) groups excluding carboxylic acids is 1. The van der Waals surface area contributed by atoms with Crippen LogP contribution in [-0.2, 0) is 17.8 Å². The molecule has 1 heterocycles. The lowest BCUT2D eigenvalue weighted by molar-refractivity contribution is -0.130. The van der Waals surface area contributed by atoms with Gasteiger partial charge in [0.2, 0.25) is 11.0 Å². The van der Waals surface area contributed by atoms with Crippen LogP contribution in [0.15, 0.2) is 60.7 Å². The summed E-state index contributed by atoms with van der Waals surface area (Å²) in [6, 6.07) is 20.5. The van der Waals surface area contributed by atoms with E-state index in [-0.39, 0.29) is 5.91 Å². The van der Waals surface area contributed by atoms with Gasteiger partial charge in [-0.2, -0.15) is 4.37 Å². The number of benzene rings is 2. The molecule has 5 nitrogen and oxygen atoms in total. The van der Waals surface area contributed by atoms with Crippen molar-refractivity contribution in [2.24, 2.45) is 0 Å². The third kappa shape index (κ3) is 6.12. The molecule has 0 bridgehead atoms. The molecule has 1 aromatic heterocycles. The molecule has 3 aromatic rings. The van der Waals surface area contributed by atoms with Crippen LogP contribution in [0, 0.1) is 0 Å². The lowest BCUT2D eigenvalue weighted by Gasteiger charge is -2.24. The van der Waals surface area contributed by atoms with E-state index in [1.165, 1.54) is 22.7 Å². The van der Waals surface area contributed by atoms with Crippen LogP contribution in [0.4, 0.5) is 5.13 Å². The molecular weight excluding hydrogens is 380 g/mol. The normalized spacial score (nSPS) is 10.7. The first kappa shape index (κ1) is 21.0. The zero-order chi connectivity index (χ0) is 20.5. The maximum atomic E-state index is 12.5. The summed E-state index contributed by atoms with van der Waals surface area (Å²) in [4.78, 5) is 21.3. The van der Waals surface area contributed by atoms with E-state index < -0.39 is 0 Å². The molecule has 0 unspecified atom stereocenters. The smallest absolute Gasteiger partial charge is 0.224 e. The first-order valence-corrected chi connectivity index (χ1v) is 10.9. The van der Waals surface area contributed by atoms with Gasteiger partial charge in [-0.15, -0.1) is 0 Å². The second kappa shape index (κ2) is 10.7. The van der Waals surface area contributed by atoms with E-state index >= 15 is 0 Å². The number of hydrogen-bond donors (Lipinski definition) is 0. The summed E-state index contributed by atoms with van der Waals surface area (Å²) in [7, 11) is 0. The van der Waals surface area contributed by atoms with Crippen LogP contribution in [0.1, 0.15) is 37.2 Å². The Bertz CT molecular complexity index is 878. The van der Waals surface area contributed by atoms with Crippen LogP contribution in [-0.4, -0.2) is 39.8 Å². The van der Waals surface area contributed by atoms with Crippen LogP contribution in [0.2, 0.25) is 0 Å². The molecule has 1 amide bonds. The summed E-state index contributed by atoms with van der Waals surface area (Å²) >= 11 is 1.41. The van der Waals surface area contributed by atoms with Gasteiger partial charge in [0, 0.05) is 50.6 Å². The summed E-state index contributed by atoms with van der Waals surface area (Å²) in [5.74, 6) is 1.01. The maximum Gasteiger partial charge on any atom is 0.224 e. The number of nitrogens with zero attached hydrogens (tertiary/aromatic N) is 4. The molecular formula is C23H28N4OS. The van der Waals surface area contributed by atoms with Gasteiger partial charge in [0.25, 0.3) is 0 Å². The summed E-state index contributed by atoms with van der Waals surface area (Å²) < 4.78 is 4.56. The number of amides is 1. The highest BCUT2D eigenvalue weighted by Gasteiger charge is 2.17. The quantitative estimate of drug-likeness (QED) is 0.499. The van der Waals surface area contributed by atoms with Crippen molar-refractivity contribution in [1.82, 2.24) is 14.3 Å². The van der Waals surface area contributed by atoms with Crippen molar-refractivity contribution in [3.63, 3.8) is 0 Å². The van der Waals surface area contributed by atoms with Gasteiger partial charge in [-0.25, -0.2) is 4.98 Å². The van der Waals surface area contributed by atoms with Crippen LogP contribution < -0.4 is 4.90 Å². The Morgan fingerprint density at radius 1 is 0.931 bits per heavy atom. The molecule has 2 aromatic carbocycles. The van der Waals surface area contributed by atoms with E-state index in [9.17, 15) is 4.79 Å². The Morgan fingerprint density at radius 2 is 1.55 bits per heavy atom. The zero-order valence-electron chi connectivity index (χ0n) is 17.1. The standard InChI is InChI=1S/C23H28N4OS/c1-3-26(4-2)22(28)15-16-27(18-20-13-9-6-10-14-20)23-24-21(25-29-23)17-19-11-7-5-8-12-19/h5-14H,3-4,15-18H2,1-2H3. The Kier molecular flexibility index (Phi) is 7.76. The summed E-state index contributed by atoms with van der Waals surface area (Å²) in [6.07, 6.45) is 1.19. The number of aromatic nitrogens is 2. The number of carbonyl (C=O) groups is 1. The Labute approximate surface area is 177 Å². The number of rotatable bonds is 10. The van der Waals surface area contributed by atoms with Crippen molar-refractivity contribution >= 4 is 22.6 Å². The monoisotopic (exact) mass is 408 g/mol. The fourth-order valence-corrected chi connectivity index (χ4v) is 3.94. The Morgan fingerprint density at radius 3 is 2.17 bits per heavy atom. The Hall–Kier alpha value is -2.73. The lowest BCUT2D eigenvalue weighted by atomic mass is 10.1. The van der Waals surface area contributed by atoms with E-state index in [0.717, 1.165) is 30.5 Å². The average Bonchev–Trinajstić information content (AvgIpc) is 3.22. The third-order valence-electron chi connectivity index (χ3n) is 4.86. The lowest BCUT2D eigenvalue weighted by Crippen LogP contribution is -2.34. The SMILES string of the molecule is CCN(CC)C(=O)CCN(Cc1ccccc1)c1nc(Cc2ccccc2)ns1. The molecule has 152 valence electrons. The zero-order valence-corrected chi connectivity index (χ0v) is 17.9. The van der Waals surface area contributed by atoms with E-state index in [2.05, 4.69) is 33.5 Å². The van der Waals surface area contributed by atoms with Gasteiger partial charge in [-0.05, 0) is 25.0 Å². The molecule has 0 saturated carbocycles. The summed E-state index contributed by atoms with van der Waals surface area (Å²) in [6.45, 7) is 6.87. The highest BCUT2D eigenvalue weighted by atomic mass is 32.1. The molecule has 0 saturated heterocycles. The highest BCUT2D eigenvalue weighted by Crippen LogP contribution is 2.22. The van der Waals surface area contributed by atoms with E-state index in [4.69, 9.17) is 4.98 Å². The van der Waals surface area contributed by atoms with Crippen molar-refractivity contribution in [3.8, 4) is 0 Å². The molecule has 3 rings (SSSR count). The minimum atomic E-state index is 0.182. The predicted molar refractivity (Wildman–Crippen MR) is 119 cm³/mol. The number of anilines is 1. The van der Waals surface area contributed by atoms with Gasteiger partial charge >= 0.3 is 0 Å². The molecule has 0 spiro atoms. The topological polar surface area (TPSA) is 49.3 Å². The molecule has 0 radical (unpaired) electrons. The molecule has 0 aliphatic carbocycles. The largest absolute Gasteiger partial charge is 0.343 e. The van der Waals surface area contributed by atoms with Crippen molar-refractivity contribution in [2.45, 2.75) is 33.2 Å². The predicted octanol–water partition coefficient (Wildman–Crippen LogP) is 4.39. The molecule has 0 N–H and O–H groups in total. The second-order valence-electron chi connectivity index (χ2n) is 6.88. The molecule has 0 aliphatic rings. The molecule has 0 aliphatic heterocycles. The van der Waals surface area contributed by atoms with Crippen LogP contribution in [0.3, 0.4) is 0 Å². The van der Waals surface area contributed by atoms with Gasteiger partial charge < -0.3 is 9.80 Å². The molecule has 29 heavy (non-hydrogen) atoms. The molecule has 0 fully saturated rings. The van der Waals surface area contributed by atoms with Crippen molar-refractivity contribution in [1.29, 1.82) is 0 Å². The third-order valence-corrected chi connectivity index (χ3v) is 5.68. The van der Waals surface area contributed by atoms with Crippen LogP contribution >= 0.6 is 11.5 Å². The fraction of sp³-hybridized carbons (Fsp3) is 0.348. The van der Waals surface area contributed by atoms with Gasteiger partial charge in [0.1, 0.15) is 5.82 Å². The molecule has 0 atom stereocenters. The van der Waals surface area contributed by atoms with Gasteiger partial charge in [-0.1, -0.05) is 60.7 Å². The summed E-state index contributed by atoms with van der Waals surface area (Å²) in [5.41, 5.74) is 2.39. The van der Waals surface area contributed by atoms with E-state index in [0.29, 0.717) is 19.5 Å². The first-order valence-electron chi connectivity index (χ1n) is 10.1. The van der Waals surface area contributed by atoms with Gasteiger partial charge in [-0.3, -0.25) is 4.79 Å². The summed E-state index contributed by atoms with van der Waals surface area (Å²) in [5, 5.41) is 0.868. The Balaban J connectivity index is 1.73. The minimum Gasteiger partial charge on any atom is -0.343 e. The highest BCUT2D eigenvalue weighted by molar-refractivity contribution is 7.09. The fourth-order valence-electron chi connectivity index (χ4n) is 3.23. The van der Waals surface area contributed by atoms with Crippen LogP contribution in [0.5, 0.6) is 0 Å². The van der Waals surface area contributed by atoms with Crippen LogP contribution in [0.25, 0.3) is 0 Å². The second-order valence-corrected chi connectivity index (χ2v) is 7.61. The van der Waals surface area contributed by atoms with E-state index in [1.54, 1.807) is 0 Å². The van der Waals surface area contributed by atoms with Crippen molar-refractivity contribution in [3.05, 3.63) is 77.6 Å². The number of hydrogen-bond acceptors (Lipinski definition) is 5. The average molecular weight is 409 g/mol. The van der Waals surface area contributed by atoms with Gasteiger partial charge in [0.05, 0.1) is 0 Å². The first-order chi connectivity index (χ1) is 14.2. The van der Waals surface area contributed by atoms with Crippen molar-refractivity contribution in [2.75, 3.05) is 24.5 Å². The minimum absolute atomic E-state index is 0.182. The maximum absolute atomic E-state index is 12.5. The van der Waals surface area contributed by atoms with E-state index in [1.807, 2.05) is 55.1 Å².